The number of rotatable bonds is 8. The second kappa shape index (κ2) is 8.93. The molecule has 30 heavy (non-hydrogen) atoms. The molecule has 3 rings (SSSR count). The first-order chi connectivity index (χ1) is 14.3. The SMILES string of the molecule is CCOC(=O)c1n[nH]nc1-c1ccc(OC)c(Cn2nc(C(F)F)cc2C(F)F)c1. The number of carbonyl (C=O) groups is 1. The summed E-state index contributed by atoms with van der Waals surface area (Å²) in [5.41, 5.74) is -0.491. The lowest BCUT2D eigenvalue weighted by molar-refractivity contribution is 0.0520. The van der Waals surface area contributed by atoms with Crippen molar-refractivity contribution >= 4 is 5.97 Å². The zero-order valence-corrected chi connectivity index (χ0v) is 15.9. The Morgan fingerprint density at radius 1 is 1.17 bits per heavy atom. The van der Waals surface area contributed by atoms with Gasteiger partial charge < -0.3 is 9.47 Å². The molecule has 1 N–H and O–H groups in total. The zero-order valence-electron chi connectivity index (χ0n) is 15.9. The van der Waals surface area contributed by atoms with Crippen LogP contribution in [0.5, 0.6) is 5.75 Å². The minimum Gasteiger partial charge on any atom is -0.496 e. The third-order valence-corrected chi connectivity index (χ3v) is 4.17. The van der Waals surface area contributed by atoms with Crippen molar-refractivity contribution in [3.8, 4) is 17.0 Å². The molecule has 0 fully saturated rings. The van der Waals surface area contributed by atoms with Crippen LogP contribution < -0.4 is 4.74 Å². The second-order valence-electron chi connectivity index (χ2n) is 6.02. The van der Waals surface area contributed by atoms with Gasteiger partial charge in [-0.3, -0.25) is 4.68 Å². The number of aromatic nitrogens is 5. The first-order valence-corrected chi connectivity index (χ1v) is 8.74. The standard InChI is InChI=1S/C18H17F4N5O3/c1-3-30-18(28)15-14(23-26-24-15)9-4-5-13(29-2)10(6-9)8-27-12(17(21)22)7-11(25-27)16(19)20/h4-7,16-17H,3,8H2,1-2H3,(H,23,24,26). The molecule has 0 atom stereocenters. The van der Waals surface area contributed by atoms with Crippen LogP contribution in [-0.2, 0) is 11.3 Å². The molecule has 0 bridgehead atoms. The van der Waals surface area contributed by atoms with Crippen LogP contribution in [0.25, 0.3) is 11.3 Å². The summed E-state index contributed by atoms with van der Waals surface area (Å²) in [6.45, 7) is 1.51. The summed E-state index contributed by atoms with van der Waals surface area (Å²) in [6, 6.07) is 5.32. The van der Waals surface area contributed by atoms with E-state index < -0.39 is 30.2 Å². The second-order valence-corrected chi connectivity index (χ2v) is 6.02. The minimum absolute atomic E-state index is 0.0553. The van der Waals surface area contributed by atoms with Crippen LogP contribution >= 0.6 is 0 Å². The topological polar surface area (TPSA) is 94.9 Å². The van der Waals surface area contributed by atoms with E-state index in [1.165, 1.54) is 19.2 Å². The Morgan fingerprint density at radius 3 is 2.57 bits per heavy atom. The summed E-state index contributed by atoms with van der Waals surface area (Å²) in [5.74, 6) is -0.374. The van der Waals surface area contributed by atoms with Gasteiger partial charge in [-0.25, -0.2) is 22.4 Å². The first-order valence-electron chi connectivity index (χ1n) is 8.74. The molecular weight excluding hydrogens is 410 g/mol. The summed E-state index contributed by atoms with van der Waals surface area (Å²) in [6.07, 6.45) is -5.98. The van der Waals surface area contributed by atoms with Crippen LogP contribution in [0, 0.1) is 0 Å². The van der Waals surface area contributed by atoms with E-state index in [2.05, 4.69) is 20.5 Å². The van der Waals surface area contributed by atoms with Crippen molar-refractivity contribution in [3.63, 3.8) is 0 Å². The highest BCUT2D eigenvalue weighted by Crippen LogP contribution is 2.30. The van der Waals surface area contributed by atoms with Crippen LogP contribution in [-0.4, -0.2) is 44.9 Å². The Balaban J connectivity index is 2.02. The predicted molar refractivity (Wildman–Crippen MR) is 95.6 cm³/mol. The molecule has 2 aromatic heterocycles. The number of aromatic amines is 1. The largest absolute Gasteiger partial charge is 0.496 e. The number of esters is 1. The van der Waals surface area contributed by atoms with Crippen molar-refractivity contribution in [1.82, 2.24) is 25.2 Å². The Kier molecular flexibility index (Phi) is 6.33. The first kappa shape index (κ1) is 21.3. The summed E-state index contributed by atoms with van der Waals surface area (Å²) >= 11 is 0. The number of nitrogens with zero attached hydrogens (tertiary/aromatic N) is 4. The normalized spacial score (nSPS) is 11.3. The van der Waals surface area contributed by atoms with Gasteiger partial charge in [0, 0.05) is 11.1 Å². The van der Waals surface area contributed by atoms with Gasteiger partial charge in [0.1, 0.15) is 22.8 Å². The highest BCUT2D eigenvalue weighted by molar-refractivity contribution is 5.94. The lowest BCUT2D eigenvalue weighted by Gasteiger charge is -2.12. The molecule has 12 heteroatoms. The smallest absolute Gasteiger partial charge is 0.361 e. The molecule has 0 radical (unpaired) electrons. The summed E-state index contributed by atoms with van der Waals surface area (Å²) in [7, 11) is 1.38. The molecule has 0 aliphatic rings. The van der Waals surface area contributed by atoms with Crippen LogP contribution in [0.1, 0.15) is 47.2 Å². The predicted octanol–water partition coefficient (Wildman–Crippen LogP) is 3.78. The van der Waals surface area contributed by atoms with Crippen LogP contribution in [0.15, 0.2) is 24.3 Å². The molecule has 0 amide bonds. The quantitative estimate of drug-likeness (QED) is 0.434. The number of hydrogen-bond donors (Lipinski definition) is 1. The highest BCUT2D eigenvalue weighted by Gasteiger charge is 2.23. The number of halogens is 4. The zero-order chi connectivity index (χ0) is 21.8. The maximum atomic E-state index is 13.3. The number of carbonyl (C=O) groups excluding carboxylic acids is 1. The van der Waals surface area contributed by atoms with Crippen molar-refractivity contribution in [1.29, 1.82) is 0 Å². The molecular formula is C18H17F4N5O3. The van der Waals surface area contributed by atoms with Gasteiger partial charge in [-0.15, -0.1) is 5.10 Å². The van der Waals surface area contributed by atoms with E-state index in [0.717, 1.165) is 4.68 Å². The third-order valence-electron chi connectivity index (χ3n) is 4.17. The van der Waals surface area contributed by atoms with E-state index in [9.17, 15) is 22.4 Å². The summed E-state index contributed by atoms with van der Waals surface area (Å²) in [5, 5.41) is 13.7. The van der Waals surface area contributed by atoms with E-state index in [1.54, 1.807) is 13.0 Å². The number of hydrogen-bond acceptors (Lipinski definition) is 6. The Bertz CT molecular complexity index is 1030. The summed E-state index contributed by atoms with van der Waals surface area (Å²) in [4.78, 5) is 12.0. The van der Waals surface area contributed by atoms with Crippen molar-refractivity contribution in [2.75, 3.05) is 13.7 Å². The van der Waals surface area contributed by atoms with Crippen molar-refractivity contribution in [2.24, 2.45) is 0 Å². The Labute approximate surface area is 167 Å². The molecule has 0 saturated carbocycles. The number of alkyl halides is 4. The van der Waals surface area contributed by atoms with E-state index >= 15 is 0 Å². The maximum absolute atomic E-state index is 13.3. The van der Waals surface area contributed by atoms with Crippen LogP contribution in [0.4, 0.5) is 17.6 Å². The lowest BCUT2D eigenvalue weighted by Crippen LogP contribution is -2.09. The van der Waals surface area contributed by atoms with E-state index in [0.29, 0.717) is 22.9 Å². The molecule has 2 heterocycles. The van der Waals surface area contributed by atoms with Gasteiger partial charge in [-0.2, -0.15) is 15.4 Å². The molecule has 3 aromatic rings. The monoisotopic (exact) mass is 427 g/mol. The third kappa shape index (κ3) is 4.26. The van der Waals surface area contributed by atoms with Crippen LogP contribution in [0.3, 0.4) is 0 Å². The fraction of sp³-hybridized carbons (Fsp3) is 0.333. The van der Waals surface area contributed by atoms with Gasteiger partial charge in [0.25, 0.3) is 12.9 Å². The average Bonchev–Trinajstić information content (AvgIpc) is 3.35. The van der Waals surface area contributed by atoms with Gasteiger partial charge >= 0.3 is 5.97 Å². The number of H-pyrrole nitrogens is 1. The van der Waals surface area contributed by atoms with E-state index in [1.807, 2.05) is 0 Å². The maximum Gasteiger partial charge on any atom is 0.361 e. The van der Waals surface area contributed by atoms with E-state index in [4.69, 9.17) is 9.47 Å². The number of nitrogens with one attached hydrogen (secondary N) is 1. The molecule has 0 aliphatic heterocycles. The van der Waals surface area contributed by atoms with Gasteiger partial charge in [-0.05, 0) is 31.2 Å². The van der Waals surface area contributed by atoms with Gasteiger partial charge in [0.15, 0.2) is 5.69 Å². The average molecular weight is 427 g/mol. The number of benzene rings is 1. The molecule has 0 unspecified atom stereocenters. The lowest BCUT2D eigenvalue weighted by atomic mass is 10.1. The van der Waals surface area contributed by atoms with Crippen molar-refractivity contribution in [3.05, 3.63) is 46.9 Å². The van der Waals surface area contributed by atoms with Gasteiger partial charge in [0.2, 0.25) is 0 Å². The van der Waals surface area contributed by atoms with Crippen LogP contribution in [0.2, 0.25) is 0 Å². The summed E-state index contributed by atoms with van der Waals surface area (Å²) < 4.78 is 63.4. The van der Waals surface area contributed by atoms with Gasteiger partial charge in [-0.1, -0.05) is 0 Å². The number of methoxy groups -OCH3 is 1. The fourth-order valence-corrected chi connectivity index (χ4v) is 2.85. The van der Waals surface area contributed by atoms with Gasteiger partial charge in [0.05, 0.1) is 20.3 Å². The molecule has 0 saturated heterocycles. The number of ether oxygens (including phenoxy) is 2. The fourth-order valence-electron chi connectivity index (χ4n) is 2.85. The van der Waals surface area contributed by atoms with E-state index in [-0.39, 0.29) is 24.5 Å². The Morgan fingerprint density at radius 2 is 1.93 bits per heavy atom. The Hall–Kier alpha value is -3.44. The minimum atomic E-state index is -3.00. The molecule has 160 valence electrons. The molecule has 1 aromatic carbocycles. The molecule has 0 aliphatic carbocycles. The highest BCUT2D eigenvalue weighted by atomic mass is 19.3. The molecule has 0 spiro atoms. The van der Waals surface area contributed by atoms with Crippen molar-refractivity contribution in [2.45, 2.75) is 26.3 Å². The molecule has 8 nitrogen and oxygen atoms in total. The van der Waals surface area contributed by atoms with Crippen molar-refractivity contribution < 1.29 is 31.8 Å².